The lowest BCUT2D eigenvalue weighted by Crippen LogP contribution is -1.92. The summed E-state index contributed by atoms with van der Waals surface area (Å²) >= 11 is 0. The van der Waals surface area contributed by atoms with Gasteiger partial charge in [0.25, 0.3) is 0 Å². The van der Waals surface area contributed by atoms with Crippen molar-refractivity contribution in [3.05, 3.63) is 35.4 Å². The molecule has 0 heterocycles. The van der Waals surface area contributed by atoms with Gasteiger partial charge in [-0.25, -0.2) is 0 Å². The molecule has 0 amide bonds. The lowest BCUT2D eigenvalue weighted by molar-refractivity contribution is 0.322. The van der Waals surface area contributed by atoms with E-state index in [-0.39, 0.29) is 0 Å². The van der Waals surface area contributed by atoms with Crippen molar-refractivity contribution >= 4 is 6.21 Å². The number of benzene rings is 1. The van der Waals surface area contributed by atoms with Crippen molar-refractivity contribution in [3.63, 3.8) is 0 Å². The Kier molecular flexibility index (Phi) is 4.76. The average molecular weight is 191 g/mol. The highest BCUT2D eigenvalue weighted by atomic mass is 16.4. The van der Waals surface area contributed by atoms with Gasteiger partial charge in [0.1, 0.15) is 0 Å². The van der Waals surface area contributed by atoms with Crippen LogP contribution in [0.25, 0.3) is 0 Å². The van der Waals surface area contributed by atoms with E-state index in [4.69, 9.17) is 5.21 Å². The smallest absolute Gasteiger partial charge is 0.0736 e. The molecule has 1 rings (SSSR count). The van der Waals surface area contributed by atoms with Gasteiger partial charge in [-0.3, -0.25) is 0 Å². The van der Waals surface area contributed by atoms with E-state index in [0.717, 1.165) is 12.0 Å². The number of hydrogen-bond donors (Lipinski definition) is 1. The topological polar surface area (TPSA) is 32.6 Å². The van der Waals surface area contributed by atoms with Crippen molar-refractivity contribution in [2.75, 3.05) is 0 Å². The van der Waals surface area contributed by atoms with Crippen molar-refractivity contribution in [1.82, 2.24) is 0 Å². The number of oxime groups is 1. The number of nitrogens with zero attached hydrogens (tertiary/aromatic N) is 1. The van der Waals surface area contributed by atoms with Crippen LogP contribution >= 0.6 is 0 Å². The summed E-state index contributed by atoms with van der Waals surface area (Å²) in [7, 11) is 0. The summed E-state index contributed by atoms with van der Waals surface area (Å²) in [5.74, 6) is 0. The molecule has 0 aliphatic heterocycles. The van der Waals surface area contributed by atoms with Gasteiger partial charge in [0.15, 0.2) is 0 Å². The Labute approximate surface area is 85.3 Å². The second-order valence-electron chi connectivity index (χ2n) is 3.40. The Bertz CT molecular complexity index is 294. The summed E-state index contributed by atoms with van der Waals surface area (Å²) in [5.41, 5.74) is 2.28. The van der Waals surface area contributed by atoms with Crippen molar-refractivity contribution in [2.45, 2.75) is 32.6 Å². The van der Waals surface area contributed by atoms with Crippen LogP contribution in [0.1, 0.15) is 37.3 Å². The molecule has 14 heavy (non-hydrogen) atoms. The number of hydrogen-bond acceptors (Lipinski definition) is 2. The molecule has 0 aliphatic carbocycles. The minimum atomic E-state index is 1.02. The summed E-state index contributed by atoms with van der Waals surface area (Å²) in [6.45, 7) is 2.20. The van der Waals surface area contributed by atoms with Crippen molar-refractivity contribution < 1.29 is 5.21 Å². The van der Waals surface area contributed by atoms with Gasteiger partial charge in [-0.05, 0) is 24.0 Å². The van der Waals surface area contributed by atoms with Crippen LogP contribution in [0.2, 0.25) is 0 Å². The summed E-state index contributed by atoms with van der Waals surface area (Å²) in [5, 5.41) is 11.6. The first kappa shape index (κ1) is 10.8. The molecule has 0 radical (unpaired) electrons. The fourth-order valence-electron chi connectivity index (χ4n) is 1.52. The zero-order valence-corrected chi connectivity index (χ0v) is 8.61. The molecule has 1 aromatic carbocycles. The number of rotatable bonds is 5. The molecule has 0 aromatic heterocycles. The maximum absolute atomic E-state index is 8.49. The first-order valence-corrected chi connectivity index (χ1v) is 5.13. The predicted molar refractivity (Wildman–Crippen MR) is 59.1 cm³/mol. The van der Waals surface area contributed by atoms with Gasteiger partial charge in [0.05, 0.1) is 6.21 Å². The zero-order chi connectivity index (χ0) is 10.2. The summed E-state index contributed by atoms with van der Waals surface area (Å²) in [6.07, 6.45) is 6.25. The molecule has 0 spiro atoms. The van der Waals surface area contributed by atoms with Crippen LogP contribution in [0.5, 0.6) is 0 Å². The number of aryl methyl sites for hydroxylation is 1. The molecule has 76 valence electrons. The van der Waals surface area contributed by atoms with Gasteiger partial charge in [0, 0.05) is 0 Å². The Morgan fingerprint density at radius 1 is 1.29 bits per heavy atom. The van der Waals surface area contributed by atoms with Crippen LogP contribution in [0.3, 0.4) is 0 Å². The van der Waals surface area contributed by atoms with Gasteiger partial charge >= 0.3 is 0 Å². The van der Waals surface area contributed by atoms with E-state index >= 15 is 0 Å². The second kappa shape index (κ2) is 6.19. The first-order chi connectivity index (χ1) is 6.88. The van der Waals surface area contributed by atoms with Crippen LogP contribution in [-0.4, -0.2) is 11.4 Å². The predicted octanol–water partition coefficient (Wildman–Crippen LogP) is 3.23. The average Bonchev–Trinajstić information content (AvgIpc) is 2.21. The largest absolute Gasteiger partial charge is 0.411 e. The highest BCUT2D eigenvalue weighted by Gasteiger charge is 1.98. The fraction of sp³-hybridized carbons (Fsp3) is 0.417. The van der Waals surface area contributed by atoms with Crippen LogP contribution in [0, 0.1) is 0 Å². The quantitative estimate of drug-likeness (QED) is 0.329. The molecule has 0 saturated heterocycles. The monoisotopic (exact) mass is 191 g/mol. The molecule has 0 saturated carbocycles. The summed E-state index contributed by atoms with van der Waals surface area (Å²) in [6, 6.07) is 8.05. The first-order valence-electron chi connectivity index (χ1n) is 5.13. The van der Waals surface area contributed by atoms with Gasteiger partial charge in [-0.1, -0.05) is 49.2 Å². The minimum absolute atomic E-state index is 1.02. The Hall–Kier alpha value is -1.31. The molecule has 0 unspecified atom stereocenters. The molecular formula is C12H17NO. The minimum Gasteiger partial charge on any atom is -0.411 e. The van der Waals surface area contributed by atoms with E-state index in [2.05, 4.69) is 18.1 Å². The highest BCUT2D eigenvalue weighted by Crippen LogP contribution is 2.10. The van der Waals surface area contributed by atoms with E-state index < -0.39 is 0 Å². The van der Waals surface area contributed by atoms with Gasteiger partial charge < -0.3 is 5.21 Å². The fourth-order valence-corrected chi connectivity index (χ4v) is 1.52. The maximum Gasteiger partial charge on any atom is 0.0736 e. The van der Waals surface area contributed by atoms with Crippen LogP contribution in [-0.2, 0) is 6.42 Å². The normalized spacial score (nSPS) is 10.9. The molecule has 0 bridgehead atoms. The molecule has 0 fully saturated rings. The van der Waals surface area contributed by atoms with Crippen molar-refractivity contribution in [1.29, 1.82) is 0 Å². The third kappa shape index (κ3) is 3.21. The van der Waals surface area contributed by atoms with Gasteiger partial charge in [-0.2, -0.15) is 0 Å². The van der Waals surface area contributed by atoms with Crippen molar-refractivity contribution in [3.8, 4) is 0 Å². The second-order valence-corrected chi connectivity index (χ2v) is 3.40. The maximum atomic E-state index is 8.49. The summed E-state index contributed by atoms with van der Waals surface area (Å²) in [4.78, 5) is 0. The van der Waals surface area contributed by atoms with E-state index in [1.165, 1.54) is 31.0 Å². The van der Waals surface area contributed by atoms with Crippen LogP contribution < -0.4 is 0 Å². The molecule has 0 aliphatic rings. The Morgan fingerprint density at radius 3 is 2.79 bits per heavy atom. The standard InChI is InChI=1S/C12H17NO/c1-2-3-4-7-11-8-5-6-9-12(11)10-13-14/h5-6,8-10,14H,2-4,7H2,1H3. The van der Waals surface area contributed by atoms with E-state index in [0.29, 0.717) is 0 Å². The van der Waals surface area contributed by atoms with Gasteiger partial charge in [-0.15, -0.1) is 0 Å². The molecular weight excluding hydrogens is 174 g/mol. The van der Waals surface area contributed by atoms with E-state index in [1.54, 1.807) is 0 Å². The van der Waals surface area contributed by atoms with Crippen molar-refractivity contribution in [2.24, 2.45) is 5.16 Å². The zero-order valence-electron chi connectivity index (χ0n) is 8.61. The van der Waals surface area contributed by atoms with Gasteiger partial charge in [0.2, 0.25) is 0 Å². The third-order valence-corrected chi connectivity index (χ3v) is 2.30. The number of unbranched alkanes of at least 4 members (excludes halogenated alkanes) is 2. The molecule has 1 aromatic rings. The van der Waals surface area contributed by atoms with Crippen LogP contribution in [0.4, 0.5) is 0 Å². The van der Waals surface area contributed by atoms with Crippen LogP contribution in [0.15, 0.2) is 29.4 Å². The molecule has 1 N–H and O–H groups in total. The Balaban J connectivity index is 2.64. The SMILES string of the molecule is CCCCCc1ccccc1C=NO. The Morgan fingerprint density at radius 2 is 2.07 bits per heavy atom. The van der Waals surface area contributed by atoms with E-state index in [9.17, 15) is 0 Å². The lowest BCUT2D eigenvalue weighted by Gasteiger charge is -2.03. The highest BCUT2D eigenvalue weighted by molar-refractivity contribution is 5.81. The van der Waals surface area contributed by atoms with E-state index in [1.807, 2.05) is 18.2 Å². The third-order valence-electron chi connectivity index (χ3n) is 2.30. The molecule has 0 atom stereocenters. The lowest BCUT2D eigenvalue weighted by atomic mass is 10.0. The molecule has 2 heteroatoms. The summed E-state index contributed by atoms with van der Waals surface area (Å²) < 4.78 is 0. The molecule has 2 nitrogen and oxygen atoms in total.